The molecule has 2 aliphatic heterocycles. The molecule has 0 spiro atoms. The number of morpholine rings is 1. The quantitative estimate of drug-likeness (QED) is 0.414. The van der Waals surface area contributed by atoms with Gasteiger partial charge in [-0.3, -0.25) is 4.99 Å². The van der Waals surface area contributed by atoms with Gasteiger partial charge in [0.15, 0.2) is 5.96 Å². The lowest BCUT2D eigenvalue weighted by Crippen LogP contribution is -2.41. The first-order valence-corrected chi connectivity index (χ1v) is 11.2. The van der Waals surface area contributed by atoms with Crippen molar-refractivity contribution in [2.24, 2.45) is 4.99 Å². The summed E-state index contributed by atoms with van der Waals surface area (Å²) in [6, 6.07) is 4.98. The second kappa shape index (κ2) is 11.4. The Morgan fingerprint density at radius 3 is 2.86 bits per heavy atom. The first-order valence-electron chi connectivity index (χ1n) is 11.2. The van der Waals surface area contributed by atoms with Gasteiger partial charge in [0.05, 0.1) is 12.7 Å². The van der Waals surface area contributed by atoms with Crippen LogP contribution in [0.5, 0.6) is 0 Å². The number of nitrogens with zero attached hydrogens (tertiary/aromatic N) is 4. The zero-order valence-corrected chi connectivity index (χ0v) is 18.4. The summed E-state index contributed by atoms with van der Waals surface area (Å²) in [4.78, 5) is 13.9. The molecule has 0 radical (unpaired) electrons. The third-order valence-electron chi connectivity index (χ3n) is 5.91. The SMILES string of the molecule is CN=C(NCCCN1CCCCC1C)NCc1ccc(N2CCOC(C)C2)nc1. The van der Waals surface area contributed by atoms with Gasteiger partial charge in [-0.1, -0.05) is 12.5 Å². The number of aliphatic imine (C=N–C) groups is 1. The fraction of sp³-hybridized carbons (Fsp3) is 0.727. The molecule has 2 unspecified atom stereocenters. The lowest BCUT2D eigenvalue weighted by molar-refractivity contribution is 0.0529. The molecule has 2 saturated heterocycles. The lowest BCUT2D eigenvalue weighted by atomic mass is 10.0. The van der Waals surface area contributed by atoms with E-state index in [2.05, 4.69) is 56.4 Å². The number of piperidine rings is 1. The molecule has 2 aliphatic rings. The number of aromatic nitrogens is 1. The molecule has 0 saturated carbocycles. The van der Waals surface area contributed by atoms with E-state index in [1.54, 1.807) is 0 Å². The number of rotatable bonds is 7. The van der Waals surface area contributed by atoms with Gasteiger partial charge in [0, 0.05) is 52.0 Å². The molecule has 3 heterocycles. The topological polar surface area (TPSA) is 65.0 Å². The second-order valence-electron chi connectivity index (χ2n) is 8.24. The van der Waals surface area contributed by atoms with Gasteiger partial charge in [0.25, 0.3) is 0 Å². The number of nitrogens with one attached hydrogen (secondary N) is 2. The van der Waals surface area contributed by atoms with Crippen LogP contribution < -0.4 is 15.5 Å². The summed E-state index contributed by atoms with van der Waals surface area (Å²) >= 11 is 0. The third-order valence-corrected chi connectivity index (χ3v) is 5.91. The maximum Gasteiger partial charge on any atom is 0.191 e. The Bertz CT molecular complexity index is 635. The molecule has 7 heteroatoms. The summed E-state index contributed by atoms with van der Waals surface area (Å²) in [7, 11) is 1.82. The molecule has 2 atom stereocenters. The number of guanidine groups is 1. The van der Waals surface area contributed by atoms with Gasteiger partial charge in [-0.15, -0.1) is 0 Å². The summed E-state index contributed by atoms with van der Waals surface area (Å²) < 4.78 is 5.61. The van der Waals surface area contributed by atoms with E-state index in [0.717, 1.165) is 69.1 Å². The number of hydrogen-bond donors (Lipinski definition) is 2. The molecular weight excluding hydrogens is 364 g/mol. The number of anilines is 1. The van der Waals surface area contributed by atoms with Gasteiger partial charge >= 0.3 is 0 Å². The van der Waals surface area contributed by atoms with Crippen molar-refractivity contribution in [2.45, 2.75) is 58.2 Å². The smallest absolute Gasteiger partial charge is 0.191 e. The van der Waals surface area contributed by atoms with Crippen molar-refractivity contribution in [3.05, 3.63) is 23.9 Å². The van der Waals surface area contributed by atoms with Gasteiger partial charge in [0.2, 0.25) is 0 Å². The minimum atomic E-state index is 0.263. The minimum absolute atomic E-state index is 0.263. The van der Waals surface area contributed by atoms with E-state index in [4.69, 9.17) is 4.74 Å². The molecule has 7 nitrogen and oxygen atoms in total. The van der Waals surface area contributed by atoms with Crippen LogP contribution in [0.15, 0.2) is 23.3 Å². The number of likely N-dealkylation sites (tertiary alicyclic amines) is 1. The fourth-order valence-electron chi connectivity index (χ4n) is 4.12. The number of hydrogen-bond acceptors (Lipinski definition) is 5. The van der Waals surface area contributed by atoms with Gasteiger partial charge in [-0.05, 0) is 51.3 Å². The Labute approximate surface area is 175 Å². The molecule has 29 heavy (non-hydrogen) atoms. The summed E-state index contributed by atoms with van der Waals surface area (Å²) in [5, 5.41) is 6.82. The summed E-state index contributed by atoms with van der Waals surface area (Å²) in [5.74, 6) is 1.88. The van der Waals surface area contributed by atoms with Crippen molar-refractivity contribution < 1.29 is 4.74 Å². The monoisotopic (exact) mass is 402 g/mol. The molecule has 3 rings (SSSR count). The van der Waals surface area contributed by atoms with E-state index >= 15 is 0 Å². The molecule has 0 amide bonds. The highest BCUT2D eigenvalue weighted by Gasteiger charge is 2.18. The number of ether oxygens (including phenoxy) is 1. The van der Waals surface area contributed by atoms with Crippen LogP contribution in [0.2, 0.25) is 0 Å². The highest BCUT2D eigenvalue weighted by molar-refractivity contribution is 5.79. The van der Waals surface area contributed by atoms with E-state index < -0.39 is 0 Å². The van der Waals surface area contributed by atoms with Crippen molar-refractivity contribution in [2.75, 3.05) is 51.3 Å². The Morgan fingerprint density at radius 1 is 1.24 bits per heavy atom. The maximum atomic E-state index is 5.61. The van der Waals surface area contributed by atoms with Crippen LogP contribution in [-0.2, 0) is 11.3 Å². The molecule has 1 aromatic rings. The Hall–Kier alpha value is -1.86. The van der Waals surface area contributed by atoms with Crippen LogP contribution in [0.4, 0.5) is 5.82 Å². The second-order valence-corrected chi connectivity index (χ2v) is 8.24. The van der Waals surface area contributed by atoms with Crippen molar-refractivity contribution in [3.63, 3.8) is 0 Å². The predicted molar refractivity (Wildman–Crippen MR) is 120 cm³/mol. The molecule has 162 valence electrons. The molecule has 0 aliphatic carbocycles. The average molecular weight is 403 g/mol. The lowest BCUT2D eigenvalue weighted by Gasteiger charge is -2.33. The van der Waals surface area contributed by atoms with Crippen LogP contribution in [0.25, 0.3) is 0 Å². The third kappa shape index (κ3) is 6.85. The summed E-state index contributed by atoms with van der Waals surface area (Å²) in [6.07, 6.45) is 7.42. The van der Waals surface area contributed by atoms with Crippen LogP contribution >= 0.6 is 0 Å². The van der Waals surface area contributed by atoms with Crippen molar-refractivity contribution in [3.8, 4) is 0 Å². The zero-order chi connectivity index (χ0) is 20.5. The Morgan fingerprint density at radius 2 is 2.14 bits per heavy atom. The van der Waals surface area contributed by atoms with E-state index in [0.29, 0.717) is 0 Å². The van der Waals surface area contributed by atoms with Gasteiger partial charge in [0.1, 0.15) is 5.82 Å². The standard InChI is InChI=1S/C22H38N6O/c1-18-7-4-5-11-27(18)12-6-10-24-22(23-3)26-16-20-8-9-21(25-15-20)28-13-14-29-19(2)17-28/h8-9,15,18-19H,4-7,10-14,16-17H2,1-3H3,(H2,23,24,26). The Kier molecular flexibility index (Phi) is 8.55. The molecule has 0 aromatic carbocycles. The molecular formula is C22H38N6O. The molecule has 2 N–H and O–H groups in total. The van der Waals surface area contributed by atoms with Crippen LogP contribution in [0.3, 0.4) is 0 Å². The van der Waals surface area contributed by atoms with Gasteiger partial charge in [-0.2, -0.15) is 0 Å². The van der Waals surface area contributed by atoms with Crippen LogP contribution in [-0.4, -0.2) is 74.4 Å². The highest BCUT2D eigenvalue weighted by Crippen LogP contribution is 2.16. The van der Waals surface area contributed by atoms with E-state index in [1.165, 1.54) is 25.8 Å². The van der Waals surface area contributed by atoms with Crippen molar-refractivity contribution >= 4 is 11.8 Å². The first-order chi connectivity index (χ1) is 14.2. The summed E-state index contributed by atoms with van der Waals surface area (Å²) in [5.41, 5.74) is 1.15. The normalized spacial score (nSPS) is 23.8. The summed E-state index contributed by atoms with van der Waals surface area (Å²) in [6.45, 7) is 11.1. The van der Waals surface area contributed by atoms with Crippen LogP contribution in [0.1, 0.15) is 45.1 Å². The van der Waals surface area contributed by atoms with Gasteiger partial charge < -0.3 is 25.2 Å². The first kappa shape index (κ1) is 21.8. The average Bonchev–Trinajstić information content (AvgIpc) is 2.75. The van der Waals surface area contributed by atoms with E-state index in [1.807, 2.05) is 13.2 Å². The van der Waals surface area contributed by atoms with Gasteiger partial charge in [-0.25, -0.2) is 4.98 Å². The molecule has 2 fully saturated rings. The van der Waals surface area contributed by atoms with E-state index in [9.17, 15) is 0 Å². The van der Waals surface area contributed by atoms with Crippen molar-refractivity contribution in [1.82, 2.24) is 20.5 Å². The van der Waals surface area contributed by atoms with Crippen molar-refractivity contribution in [1.29, 1.82) is 0 Å². The fourth-order valence-corrected chi connectivity index (χ4v) is 4.12. The molecule has 0 bridgehead atoms. The largest absolute Gasteiger partial charge is 0.375 e. The molecule has 1 aromatic heterocycles. The Balaban J connectivity index is 1.36. The highest BCUT2D eigenvalue weighted by atomic mass is 16.5. The zero-order valence-electron chi connectivity index (χ0n) is 18.4. The predicted octanol–water partition coefficient (Wildman–Crippen LogP) is 2.24. The van der Waals surface area contributed by atoms with E-state index in [-0.39, 0.29) is 6.10 Å². The van der Waals surface area contributed by atoms with Crippen LogP contribution in [0, 0.1) is 0 Å². The number of pyridine rings is 1. The minimum Gasteiger partial charge on any atom is -0.375 e. The maximum absolute atomic E-state index is 5.61.